The van der Waals surface area contributed by atoms with Crippen LogP contribution in [0.3, 0.4) is 0 Å². The van der Waals surface area contributed by atoms with Crippen molar-refractivity contribution < 1.29 is 14.3 Å². The van der Waals surface area contributed by atoms with Crippen LogP contribution in [0, 0.1) is 12.3 Å². The van der Waals surface area contributed by atoms with Crippen LogP contribution in [-0.4, -0.2) is 74.8 Å². The number of carbonyl (C=O) groups is 2. The summed E-state index contributed by atoms with van der Waals surface area (Å²) in [6.07, 6.45) is 5.70. The minimum Gasteiger partial charge on any atom is -0.383 e. The van der Waals surface area contributed by atoms with E-state index in [1.165, 1.54) is 0 Å². The van der Waals surface area contributed by atoms with Crippen molar-refractivity contribution in [3.63, 3.8) is 0 Å². The molecule has 0 aromatic carbocycles. The molecule has 2 aromatic rings. The van der Waals surface area contributed by atoms with Crippen LogP contribution in [0.1, 0.15) is 58.4 Å². The van der Waals surface area contributed by atoms with E-state index in [2.05, 4.69) is 20.7 Å². The predicted octanol–water partition coefficient (Wildman–Crippen LogP) is 0.954. The Kier molecular flexibility index (Phi) is 5.59. The molecule has 0 bridgehead atoms. The van der Waals surface area contributed by atoms with Gasteiger partial charge >= 0.3 is 0 Å². The topological polar surface area (TPSA) is 107 Å². The van der Waals surface area contributed by atoms with E-state index in [0.717, 1.165) is 31.4 Å². The smallest absolute Gasteiger partial charge is 0.274 e. The lowest BCUT2D eigenvalue weighted by Gasteiger charge is -2.53. The van der Waals surface area contributed by atoms with Crippen molar-refractivity contribution in [1.82, 2.24) is 35.0 Å². The highest BCUT2D eigenvalue weighted by atomic mass is 16.5. The summed E-state index contributed by atoms with van der Waals surface area (Å²) in [5.74, 6) is -0.238. The average Bonchev–Trinajstić information content (AvgIpc) is 3.34. The van der Waals surface area contributed by atoms with E-state index >= 15 is 0 Å². The molecule has 0 radical (unpaired) electrons. The number of rotatable bonds is 6. The first-order chi connectivity index (χ1) is 14.4. The highest BCUT2D eigenvalue weighted by molar-refractivity contribution is 5.92. The van der Waals surface area contributed by atoms with Crippen LogP contribution in [-0.2, 0) is 11.8 Å². The van der Waals surface area contributed by atoms with Gasteiger partial charge < -0.3 is 15.0 Å². The Morgan fingerprint density at radius 1 is 1.27 bits per heavy atom. The second-order valence-electron chi connectivity index (χ2n) is 8.34. The van der Waals surface area contributed by atoms with E-state index in [0.29, 0.717) is 37.6 Å². The largest absolute Gasteiger partial charge is 0.383 e. The highest BCUT2D eigenvalue weighted by Crippen LogP contribution is 2.56. The summed E-state index contributed by atoms with van der Waals surface area (Å²) in [5.41, 5.74) is 1.93. The fraction of sp³-hybridized carbons (Fsp3) is 0.650. The molecule has 162 valence electrons. The number of aromatic nitrogens is 5. The lowest BCUT2D eigenvalue weighted by Crippen LogP contribution is -2.51. The van der Waals surface area contributed by atoms with Crippen LogP contribution >= 0.6 is 0 Å². The minimum atomic E-state index is -0.238. The molecule has 2 aliphatic rings. The van der Waals surface area contributed by atoms with Crippen molar-refractivity contribution in [2.24, 2.45) is 12.5 Å². The van der Waals surface area contributed by atoms with Crippen molar-refractivity contribution in [1.29, 1.82) is 0 Å². The number of ether oxygens (including phenoxy) is 1. The molecule has 10 heteroatoms. The molecule has 2 fully saturated rings. The Morgan fingerprint density at radius 3 is 2.63 bits per heavy atom. The zero-order valence-corrected chi connectivity index (χ0v) is 17.8. The molecule has 3 heterocycles. The molecular weight excluding hydrogens is 386 g/mol. The van der Waals surface area contributed by atoms with Gasteiger partial charge in [-0.1, -0.05) is 5.21 Å². The number of methoxy groups -OCH3 is 1. The maximum Gasteiger partial charge on any atom is 0.274 e. The third kappa shape index (κ3) is 3.71. The van der Waals surface area contributed by atoms with Crippen LogP contribution in [0.4, 0.5) is 0 Å². The normalized spacial score (nSPS) is 20.2. The Labute approximate surface area is 175 Å². The molecule has 1 saturated carbocycles. The van der Waals surface area contributed by atoms with Crippen LogP contribution < -0.4 is 5.32 Å². The summed E-state index contributed by atoms with van der Waals surface area (Å²) < 4.78 is 8.52. The number of nitrogens with zero attached hydrogens (tertiary/aromatic N) is 6. The highest BCUT2D eigenvalue weighted by Gasteiger charge is 2.50. The lowest BCUT2D eigenvalue weighted by molar-refractivity contribution is -0.0269. The van der Waals surface area contributed by atoms with Gasteiger partial charge in [-0.25, -0.2) is 4.68 Å². The molecule has 10 nitrogen and oxygen atoms in total. The minimum absolute atomic E-state index is 0.000181. The first-order valence-corrected chi connectivity index (χ1v) is 10.4. The molecule has 1 aliphatic carbocycles. The fourth-order valence-electron chi connectivity index (χ4n) is 4.55. The Balaban J connectivity index is 1.37. The molecule has 1 spiro atoms. The standard InChI is InChI=1S/C20H29N7O3/c1-14-12-15(23-25(14)2)19(29)26-9-6-20(7-10-26)5-4-17(20)27-13-16(22-24-27)18(28)21-8-11-30-3/h12-13,17H,4-11H2,1-3H3,(H,21,28). The number of carbonyl (C=O) groups excluding carboxylic acids is 2. The van der Waals surface area contributed by atoms with E-state index in [4.69, 9.17) is 4.74 Å². The average molecular weight is 415 g/mol. The van der Waals surface area contributed by atoms with Crippen LogP contribution in [0.25, 0.3) is 0 Å². The number of amides is 2. The number of hydrogen-bond acceptors (Lipinski definition) is 6. The molecule has 1 unspecified atom stereocenters. The van der Waals surface area contributed by atoms with E-state index in [9.17, 15) is 9.59 Å². The molecular formula is C20H29N7O3. The third-order valence-electron chi connectivity index (χ3n) is 6.66. The van der Waals surface area contributed by atoms with Gasteiger partial charge in [0.25, 0.3) is 11.8 Å². The molecule has 2 aromatic heterocycles. The zero-order chi connectivity index (χ0) is 21.3. The van der Waals surface area contributed by atoms with Crippen LogP contribution in [0.2, 0.25) is 0 Å². The maximum atomic E-state index is 12.8. The van der Waals surface area contributed by atoms with E-state index < -0.39 is 0 Å². The number of hydrogen-bond donors (Lipinski definition) is 1. The van der Waals surface area contributed by atoms with Crippen molar-refractivity contribution in [2.45, 2.75) is 38.6 Å². The zero-order valence-electron chi connectivity index (χ0n) is 17.8. The maximum absolute atomic E-state index is 12.8. The molecule has 30 heavy (non-hydrogen) atoms. The summed E-state index contributed by atoms with van der Waals surface area (Å²) in [5, 5.41) is 15.4. The van der Waals surface area contributed by atoms with Gasteiger partial charge in [-0.15, -0.1) is 5.10 Å². The first-order valence-electron chi connectivity index (χ1n) is 10.4. The van der Waals surface area contributed by atoms with E-state index in [1.807, 2.05) is 29.6 Å². The second-order valence-corrected chi connectivity index (χ2v) is 8.34. The quantitative estimate of drug-likeness (QED) is 0.704. The molecule has 4 rings (SSSR count). The van der Waals surface area contributed by atoms with Gasteiger partial charge in [-0.05, 0) is 44.1 Å². The Hall–Kier alpha value is -2.75. The van der Waals surface area contributed by atoms with E-state index in [1.54, 1.807) is 18.0 Å². The van der Waals surface area contributed by atoms with E-state index in [-0.39, 0.29) is 23.3 Å². The number of aryl methyl sites for hydroxylation is 2. The SMILES string of the molecule is COCCNC(=O)c1cn(C2CCC23CCN(C(=O)c2cc(C)n(C)n2)CC3)nn1. The van der Waals surface area contributed by atoms with Crippen molar-refractivity contribution in [2.75, 3.05) is 33.4 Å². The first kappa shape index (κ1) is 20.5. The van der Waals surface area contributed by atoms with Crippen LogP contribution in [0.5, 0.6) is 0 Å². The van der Waals surface area contributed by atoms with Gasteiger partial charge in [-0.2, -0.15) is 5.10 Å². The number of nitrogens with one attached hydrogen (secondary N) is 1. The van der Waals surface area contributed by atoms with Gasteiger partial charge in [0.05, 0.1) is 18.8 Å². The monoisotopic (exact) mass is 415 g/mol. The summed E-state index contributed by atoms with van der Waals surface area (Å²) in [6.45, 7) is 4.26. The molecule has 1 aliphatic heterocycles. The van der Waals surface area contributed by atoms with Crippen LogP contribution in [0.15, 0.2) is 12.3 Å². The molecule has 1 saturated heterocycles. The molecule has 2 amide bonds. The van der Waals surface area contributed by atoms with Gasteiger partial charge in [0.1, 0.15) is 0 Å². The van der Waals surface area contributed by atoms with Gasteiger partial charge in [0.2, 0.25) is 0 Å². The summed E-state index contributed by atoms with van der Waals surface area (Å²) in [6, 6.07) is 2.06. The number of likely N-dealkylation sites (tertiary alicyclic amines) is 1. The van der Waals surface area contributed by atoms with Gasteiger partial charge in [0.15, 0.2) is 11.4 Å². The van der Waals surface area contributed by atoms with Crippen molar-refractivity contribution in [3.05, 3.63) is 29.3 Å². The van der Waals surface area contributed by atoms with Crippen molar-refractivity contribution in [3.8, 4) is 0 Å². The van der Waals surface area contributed by atoms with Gasteiger partial charge in [0, 0.05) is 39.5 Å². The summed E-state index contributed by atoms with van der Waals surface area (Å²) in [4.78, 5) is 26.9. The number of piperidine rings is 1. The molecule has 1 N–H and O–H groups in total. The lowest BCUT2D eigenvalue weighted by atomic mass is 9.59. The predicted molar refractivity (Wildman–Crippen MR) is 108 cm³/mol. The third-order valence-corrected chi connectivity index (χ3v) is 6.66. The summed E-state index contributed by atoms with van der Waals surface area (Å²) >= 11 is 0. The fourth-order valence-corrected chi connectivity index (χ4v) is 4.55. The second kappa shape index (κ2) is 8.17. The van der Waals surface area contributed by atoms with Gasteiger partial charge in [-0.3, -0.25) is 14.3 Å². The summed E-state index contributed by atoms with van der Waals surface area (Å²) in [7, 11) is 3.44. The Morgan fingerprint density at radius 2 is 2.03 bits per heavy atom. The van der Waals surface area contributed by atoms with Crippen molar-refractivity contribution >= 4 is 11.8 Å². The molecule has 1 atom stereocenters. The Bertz CT molecular complexity index is 907.